The lowest BCUT2D eigenvalue weighted by molar-refractivity contribution is -0.116. The van der Waals surface area contributed by atoms with Crippen molar-refractivity contribution in [2.75, 3.05) is 44.1 Å². The van der Waals surface area contributed by atoms with Gasteiger partial charge in [0.2, 0.25) is 5.91 Å². The van der Waals surface area contributed by atoms with Gasteiger partial charge in [-0.3, -0.25) is 4.79 Å². The number of carbonyl (C=O) groups excluding carboxylic acids is 2. The highest BCUT2D eigenvalue weighted by molar-refractivity contribution is 5.98. The highest BCUT2D eigenvalue weighted by Gasteiger charge is 2.19. The third-order valence-electron chi connectivity index (χ3n) is 3.89. The van der Waals surface area contributed by atoms with Crippen molar-refractivity contribution in [3.8, 4) is 0 Å². The molecule has 0 unspecified atom stereocenters. The van der Waals surface area contributed by atoms with Gasteiger partial charge in [0, 0.05) is 33.2 Å². The maximum atomic E-state index is 12.1. The lowest BCUT2D eigenvalue weighted by Crippen LogP contribution is -2.21. The van der Waals surface area contributed by atoms with Gasteiger partial charge in [0.1, 0.15) is 0 Å². The fourth-order valence-corrected chi connectivity index (χ4v) is 2.70. The van der Waals surface area contributed by atoms with E-state index < -0.39 is 5.97 Å². The van der Waals surface area contributed by atoms with Gasteiger partial charge in [-0.1, -0.05) is 0 Å². The fraction of sp³-hybridized carbons (Fsp3) is 0.529. The number of nitrogens with one attached hydrogen (secondary N) is 1. The van der Waals surface area contributed by atoms with E-state index in [1.165, 1.54) is 7.11 Å². The van der Waals surface area contributed by atoms with Crippen LogP contribution in [0.3, 0.4) is 0 Å². The lowest BCUT2D eigenvalue weighted by Gasteiger charge is -2.22. The molecule has 0 bridgehead atoms. The van der Waals surface area contributed by atoms with Crippen LogP contribution >= 0.6 is 0 Å². The molecule has 1 heterocycles. The molecule has 126 valence electrons. The van der Waals surface area contributed by atoms with E-state index in [0.29, 0.717) is 30.7 Å². The van der Waals surface area contributed by atoms with E-state index in [9.17, 15) is 9.59 Å². The highest BCUT2D eigenvalue weighted by atomic mass is 16.5. The third-order valence-corrected chi connectivity index (χ3v) is 3.89. The molecule has 0 aliphatic carbocycles. The zero-order valence-corrected chi connectivity index (χ0v) is 13.8. The smallest absolute Gasteiger partial charge is 0.337 e. The molecule has 0 saturated carbocycles. The topological polar surface area (TPSA) is 67.9 Å². The largest absolute Gasteiger partial charge is 0.465 e. The van der Waals surface area contributed by atoms with Crippen LogP contribution in [0.25, 0.3) is 0 Å². The van der Waals surface area contributed by atoms with Gasteiger partial charge in [-0.15, -0.1) is 0 Å². The second kappa shape index (κ2) is 8.53. The number of rotatable bonds is 7. The molecule has 6 heteroatoms. The molecule has 1 saturated heterocycles. The number of nitrogens with zero attached hydrogens (tertiary/aromatic N) is 1. The van der Waals surface area contributed by atoms with Crippen molar-refractivity contribution in [1.29, 1.82) is 0 Å². The Bertz CT molecular complexity index is 554. The maximum absolute atomic E-state index is 12.1. The first kappa shape index (κ1) is 17.3. The van der Waals surface area contributed by atoms with Gasteiger partial charge < -0.3 is 19.7 Å². The molecule has 1 fully saturated rings. The molecule has 1 aromatic rings. The predicted molar refractivity (Wildman–Crippen MR) is 89.0 cm³/mol. The van der Waals surface area contributed by atoms with Crippen molar-refractivity contribution < 1.29 is 19.1 Å². The van der Waals surface area contributed by atoms with Gasteiger partial charge in [-0.2, -0.15) is 0 Å². The molecule has 0 spiro atoms. The number of carbonyl (C=O) groups is 2. The number of methoxy groups -OCH3 is 2. The number of hydrogen-bond donors (Lipinski definition) is 1. The summed E-state index contributed by atoms with van der Waals surface area (Å²) in [6.45, 7) is 2.48. The van der Waals surface area contributed by atoms with Crippen molar-refractivity contribution in [2.24, 2.45) is 0 Å². The van der Waals surface area contributed by atoms with Gasteiger partial charge in [0.15, 0.2) is 0 Å². The Morgan fingerprint density at radius 1 is 1.22 bits per heavy atom. The van der Waals surface area contributed by atoms with Gasteiger partial charge in [0.25, 0.3) is 0 Å². The first-order chi connectivity index (χ1) is 11.2. The first-order valence-electron chi connectivity index (χ1n) is 7.92. The number of amides is 1. The quantitative estimate of drug-likeness (QED) is 0.617. The summed E-state index contributed by atoms with van der Waals surface area (Å²) < 4.78 is 9.72. The summed E-state index contributed by atoms with van der Waals surface area (Å²) in [5, 5.41) is 2.92. The van der Waals surface area contributed by atoms with E-state index >= 15 is 0 Å². The number of ether oxygens (including phenoxy) is 2. The molecule has 1 N–H and O–H groups in total. The van der Waals surface area contributed by atoms with E-state index in [-0.39, 0.29) is 5.91 Å². The molecule has 1 aromatic carbocycles. The summed E-state index contributed by atoms with van der Waals surface area (Å²) in [5.74, 6) is -0.489. The van der Waals surface area contributed by atoms with Gasteiger partial charge >= 0.3 is 5.97 Å². The van der Waals surface area contributed by atoms with Crippen molar-refractivity contribution in [1.82, 2.24) is 0 Å². The second-order valence-corrected chi connectivity index (χ2v) is 5.56. The lowest BCUT2D eigenvalue weighted by atomic mass is 10.1. The molecule has 1 aliphatic rings. The Labute approximate surface area is 136 Å². The second-order valence-electron chi connectivity index (χ2n) is 5.56. The minimum atomic E-state index is -0.409. The fourth-order valence-electron chi connectivity index (χ4n) is 2.70. The van der Waals surface area contributed by atoms with E-state index in [1.807, 2.05) is 6.07 Å². The third kappa shape index (κ3) is 4.69. The Kier molecular flexibility index (Phi) is 6.40. The average molecular weight is 320 g/mol. The van der Waals surface area contributed by atoms with Gasteiger partial charge in [-0.05, 0) is 37.5 Å². The number of esters is 1. The van der Waals surface area contributed by atoms with E-state index in [1.54, 1.807) is 19.2 Å². The minimum absolute atomic E-state index is 0.0792. The van der Waals surface area contributed by atoms with Crippen LogP contribution in [0.5, 0.6) is 0 Å². The van der Waals surface area contributed by atoms with Crippen molar-refractivity contribution in [3.63, 3.8) is 0 Å². The molecule has 2 rings (SSSR count). The summed E-state index contributed by atoms with van der Waals surface area (Å²) in [6, 6.07) is 5.30. The summed E-state index contributed by atoms with van der Waals surface area (Å²) >= 11 is 0. The van der Waals surface area contributed by atoms with Gasteiger partial charge in [-0.25, -0.2) is 4.79 Å². The molecule has 6 nitrogen and oxygen atoms in total. The molecule has 0 aromatic heterocycles. The molecule has 0 radical (unpaired) electrons. The monoisotopic (exact) mass is 320 g/mol. The van der Waals surface area contributed by atoms with Crippen LogP contribution in [0.15, 0.2) is 18.2 Å². The van der Waals surface area contributed by atoms with Crippen LogP contribution in [-0.4, -0.2) is 45.8 Å². The Morgan fingerprint density at radius 3 is 2.61 bits per heavy atom. The average Bonchev–Trinajstić information content (AvgIpc) is 3.08. The Morgan fingerprint density at radius 2 is 1.96 bits per heavy atom. The highest BCUT2D eigenvalue weighted by Crippen LogP contribution is 2.30. The SMILES string of the molecule is COCCCC(=O)Nc1cc(C(=O)OC)ccc1N1CCCC1. The van der Waals surface area contributed by atoms with Crippen LogP contribution in [0, 0.1) is 0 Å². The molecule has 1 amide bonds. The zero-order chi connectivity index (χ0) is 16.7. The molecule has 0 atom stereocenters. The summed E-state index contributed by atoms with van der Waals surface area (Å²) in [5.41, 5.74) is 2.05. The Hall–Kier alpha value is -2.08. The molecular formula is C17H24N2O4. The van der Waals surface area contributed by atoms with Crippen molar-refractivity contribution in [2.45, 2.75) is 25.7 Å². The summed E-state index contributed by atoms with van der Waals surface area (Å²) in [4.78, 5) is 26.1. The van der Waals surface area contributed by atoms with E-state index in [0.717, 1.165) is 31.6 Å². The minimum Gasteiger partial charge on any atom is -0.465 e. The normalized spacial score (nSPS) is 13.9. The molecular weight excluding hydrogens is 296 g/mol. The van der Waals surface area contributed by atoms with Crippen LogP contribution in [0.2, 0.25) is 0 Å². The van der Waals surface area contributed by atoms with E-state index in [2.05, 4.69) is 10.2 Å². The zero-order valence-electron chi connectivity index (χ0n) is 13.8. The Balaban J connectivity index is 2.17. The van der Waals surface area contributed by atoms with Crippen molar-refractivity contribution >= 4 is 23.3 Å². The van der Waals surface area contributed by atoms with Crippen molar-refractivity contribution in [3.05, 3.63) is 23.8 Å². The van der Waals surface area contributed by atoms with Crippen LogP contribution in [0.4, 0.5) is 11.4 Å². The van der Waals surface area contributed by atoms with Crippen LogP contribution in [0.1, 0.15) is 36.0 Å². The molecule has 1 aliphatic heterocycles. The van der Waals surface area contributed by atoms with Gasteiger partial charge in [0.05, 0.1) is 24.0 Å². The summed E-state index contributed by atoms with van der Waals surface area (Å²) in [7, 11) is 2.96. The molecule has 23 heavy (non-hydrogen) atoms. The van der Waals surface area contributed by atoms with Crippen LogP contribution in [-0.2, 0) is 14.3 Å². The standard InChI is InChI=1S/C17H24N2O4/c1-22-11-5-6-16(20)18-14-12-13(17(21)23-2)7-8-15(14)19-9-3-4-10-19/h7-8,12H,3-6,9-11H2,1-2H3,(H,18,20). The predicted octanol–water partition coefficient (Wildman–Crippen LogP) is 2.44. The maximum Gasteiger partial charge on any atom is 0.337 e. The first-order valence-corrected chi connectivity index (χ1v) is 7.92. The number of hydrogen-bond acceptors (Lipinski definition) is 5. The number of benzene rings is 1. The van der Waals surface area contributed by atoms with Crippen LogP contribution < -0.4 is 10.2 Å². The number of anilines is 2. The van der Waals surface area contributed by atoms with E-state index in [4.69, 9.17) is 9.47 Å². The summed E-state index contributed by atoms with van der Waals surface area (Å²) in [6.07, 6.45) is 3.33.